The van der Waals surface area contributed by atoms with Crippen molar-refractivity contribution < 1.29 is 24.5 Å². The summed E-state index contributed by atoms with van der Waals surface area (Å²) >= 11 is 0. The van der Waals surface area contributed by atoms with Crippen LogP contribution in [-0.4, -0.2) is 97.9 Å². The van der Waals surface area contributed by atoms with Gasteiger partial charge in [-0.25, -0.2) is 14.6 Å². The third kappa shape index (κ3) is 7.86. The van der Waals surface area contributed by atoms with E-state index < -0.39 is 30.4 Å². The van der Waals surface area contributed by atoms with Crippen molar-refractivity contribution in [1.82, 2.24) is 35.1 Å². The number of benzene rings is 2. The van der Waals surface area contributed by atoms with Crippen LogP contribution in [0.1, 0.15) is 35.9 Å². The molecule has 272 valence electrons. The van der Waals surface area contributed by atoms with Crippen molar-refractivity contribution >= 4 is 53.1 Å². The molecule has 1 saturated carbocycles. The summed E-state index contributed by atoms with van der Waals surface area (Å²) in [5.41, 5.74) is 3.82. The second kappa shape index (κ2) is 16.2. The number of anilines is 3. The summed E-state index contributed by atoms with van der Waals surface area (Å²) in [6.07, 6.45) is 2.55. The molecule has 0 radical (unpaired) electrons. The summed E-state index contributed by atoms with van der Waals surface area (Å²) < 4.78 is 6.46. The monoisotopic (exact) mass is 728 g/mol. The highest BCUT2D eigenvalue weighted by molar-refractivity contribution is 5.89. The fraction of sp³-hybridized carbons (Fsp3) is 0.333. The number of imidazole rings is 1. The first-order chi connectivity index (χ1) is 24.9. The molecule has 1 saturated heterocycles. The Labute approximate surface area is 306 Å². The standard InChI is InChI=1S/C36H40N10O5.ClH/c1-51-36(50)42-27-17-28(31(48)30(27)47)46-21-39-29-32(38-19-26(22-9-4-2-5-10-22)23-11-6-3-7-12-23)43-34(44-33(29)46)45-16-14-25(20-45)41-35(49)40-24-13-8-15-37-18-24;/h2-13,15,18,21,25-28,30-31,47-48H,14,16-17,19-20H2,1H3,(H,42,50)(H,38,43,44)(H2,40,41,49);1H/t25-,27+,28-,30-,31+;/m1./s1. The second-order valence-electron chi connectivity index (χ2n) is 12.7. The number of methoxy groups -OCH3 is 1. The Kier molecular flexibility index (Phi) is 11.3. The average molecular weight is 729 g/mol. The van der Waals surface area contributed by atoms with Crippen LogP contribution in [0.15, 0.2) is 91.5 Å². The van der Waals surface area contributed by atoms with Crippen molar-refractivity contribution in [2.24, 2.45) is 0 Å². The molecule has 0 bridgehead atoms. The second-order valence-corrected chi connectivity index (χ2v) is 12.7. The lowest BCUT2D eigenvalue weighted by Gasteiger charge is -2.22. The van der Waals surface area contributed by atoms with Gasteiger partial charge in [0.15, 0.2) is 17.0 Å². The molecule has 0 unspecified atom stereocenters. The molecule has 3 aromatic heterocycles. The first kappa shape index (κ1) is 36.3. The molecule has 2 fully saturated rings. The molecule has 5 aromatic rings. The number of pyridine rings is 1. The maximum absolute atomic E-state index is 12.8. The molecule has 4 heterocycles. The van der Waals surface area contributed by atoms with Crippen molar-refractivity contribution in [3.8, 4) is 0 Å². The summed E-state index contributed by atoms with van der Waals surface area (Å²) in [4.78, 5) is 45.4. The number of rotatable bonds is 10. The van der Waals surface area contributed by atoms with Crippen molar-refractivity contribution in [2.45, 2.75) is 49.1 Å². The van der Waals surface area contributed by atoms with Crippen LogP contribution in [0.3, 0.4) is 0 Å². The minimum atomic E-state index is -1.23. The highest BCUT2D eigenvalue weighted by atomic mass is 35.5. The zero-order valence-electron chi connectivity index (χ0n) is 28.4. The minimum Gasteiger partial charge on any atom is -0.453 e. The first-order valence-corrected chi connectivity index (χ1v) is 16.9. The molecular weight excluding hydrogens is 688 g/mol. The summed E-state index contributed by atoms with van der Waals surface area (Å²) in [6.45, 7) is 1.55. The van der Waals surface area contributed by atoms with E-state index in [4.69, 9.17) is 19.7 Å². The zero-order chi connectivity index (χ0) is 35.3. The van der Waals surface area contributed by atoms with Crippen LogP contribution >= 0.6 is 12.4 Å². The Morgan fingerprint density at radius 2 is 1.69 bits per heavy atom. The van der Waals surface area contributed by atoms with Crippen molar-refractivity contribution in [3.63, 3.8) is 0 Å². The Bertz CT molecular complexity index is 1920. The van der Waals surface area contributed by atoms with Gasteiger partial charge in [0.2, 0.25) is 5.95 Å². The topological polar surface area (TPSA) is 192 Å². The number of carbonyl (C=O) groups excluding carboxylic acids is 2. The molecule has 1 aliphatic heterocycles. The Balaban J connectivity index is 0.00000464. The Hall–Kier alpha value is -5.51. The molecule has 15 nitrogen and oxygen atoms in total. The average Bonchev–Trinajstić information content (AvgIpc) is 3.87. The predicted octanol–water partition coefficient (Wildman–Crippen LogP) is 3.68. The maximum Gasteiger partial charge on any atom is 0.407 e. The minimum absolute atomic E-state index is 0. The zero-order valence-corrected chi connectivity index (χ0v) is 29.2. The number of aliphatic hydroxyl groups is 2. The van der Waals surface area contributed by atoms with E-state index >= 15 is 0 Å². The largest absolute Gasteiger partial charge is 0.453 e. The van der Waals surface area contributed by atoms with Gasteiger partial charge in [-0.05, 0) is 36.1 Å². The quantitative estimate of drug-likeness (QED) is 0.123. The normalized spacial score (nSPS) is 21.1. The SMILES string of the molecule is COC(=O)N[C@H]1C[C@@H](n2cnc3c(NCC(c4ccccc4)c4ccccc4)nc(N4CC[C@@H](NC(=O)Nc5cccnc5)C4)nc32)[C@H](O)[C@@H]1O.Cl. The number of alkyl carbamates (subject to hydrolysis) is 1. The van der Waals surface area contributed by atoms with E-state index in [1.54, 1.807) is 35.4 Å². The van der Waals surface area contributed by atoms with Gasteiger partial charge in [0.25, 0.3) is 0 Å². The van der Waals surface area contributed by atoms with Gasteiger partial charge in [0, 0.05) is 37.8 Å². The number of aliphatic hydroxyl groups excluding tert-OH is 2. The van der Waals surface area contributed by atoms with Gasteiger partial charge in [0.05, 0.1) is 37.4 Å². The molecular formula is C36H41ClN10O5. The van der Waals surface area contributed by atoms with Gasteiger partial charge in [0.1, 0.15) is 12.2 Å². The lowest BCUT2D eigenvalue weighted by atomic mass is 9.91. The molecule has 1 aliphatic carbocycles. The lowest BCUT2D eigenvalue weighted by Crippen LogP contribution is -2.43. The van der Waals surface area contributed by atoms with Crippen LogP contribution in [0.5, 0.6) is 0 Å². The number of carbonyl (C=O) groups is 2. The van der Waals surface area contributed by atoms with Gasteiger partial charge in [-0.15, -0.1) is 12.4 Å². The number of hydrogen-bond acceptors (Lipinski definition) is 11. The predicted molar refractivity (Wildman–Crippen MR) is 198 cm³/mol. The van der Waals surface area contributed by atoms with E-state index in [0.717, 1.165) is 11.1 Å². The maximum atomic E-state index is 12.8. The van der Waals surface area contributed by atoms with Gasteiger partial charge in [-0.3, -0.25) is 4.98 Å². The third-order valence-corrected chi connectivity index (χ3v) is 9.51. The van der Waals surface area contributed by atoms with Crippen molar-refractivity contribution in [2.75, 3.05) is 42.3 Å². The number of fused-ring (bicyclic) bond motifs is 1. The molecule has 16 heteroatoms. The summed E-state index contributed by atoms with van der Waals surface area (Å²) in [5.74, 6) is 0.934. The van der Waals surface area contributed by atoms with E-state index in [9.17, 15) is 19.8 Å². The number of halogens is 1. The lowest BCUT2D eigenvalue weighted by molar-refractivity contribution is 0.0142. The molecule has 2 aliphatic rings. The number of aromatic nitrogens is 5. The molecule has 52 heavy (non-hydrogen) atoms. The fourth-order valence-corrected chi connectivity index (χ4v) is 6.90. The number of nitrogens with one attached hydrogen (secondary N) is 4. The van der Waals surface area contributed by atoms with E-state index in [2.05, 4.69) is 50.5 Å². The molecule has 0 spiro atoms. The van der Waals surface area contributed by atoms with Crippen molar-refractivity contribution in [3.05, 3.63) is 103 Å². The molecule has 3 amide bonds. The van der Waals surface area contributed by atoms with Gasteiger partial charge in [-0.1, -0.05) is 60.7 Å². The van der Waals surface area contributed by atoms with Crippen LogP contribution < -0.4 is 26.2 Å². The molecule has 6 N–H and O–H groups in total. The van der Waals surface area contributed by atoms with E-state index in [1.807, 2.05) is 41.3 Å². The van der Waals surface area contributed by atoms with E-state index in [1.165, 1.54) is 7.11 Å². The molecule has 5 atom stereocenters. The van der Waals surface area contributed by atoms with Gasteiger partial charge >= 0.3 is 12.1 Å². The number of amides is 3. The van der Waals surface area contributed by atoms with Crippen LogP contribution in [0.4, 0.5) is 27.0 Å². The van der Waals surface area contributed by atoms with Crippen LogP contribution in [0.25, 0.3) is 11.2 Å². The van der Waals surface area contributed by atoms with Crippen LogP contribution in [0, 0.1) is 0 Å². The van der Waals surface area contributed by atoms with Gasteiger partial charge < -0.3 is 45.7 Å². The van der Waals surface area contributed by atoms with E-state index in [-0.39, 0.29) is 36.8 Å². The fourth-order valence-electron chi connectivity index (χ4n) is 6.90. The van der Waals surface area contributed by atoms with Crippen LogP contribution in [0.2, 0.25) is 0 Å². The highest BCUT2D eigenvalue weighted by Crippen LogP contribution is 2.35. The summed E-state index contributed by atoms with van der Waals surface area (Å²) in [5, 5.41) is 34.0. The number of nitrogens with zero attached hydrogens (tertiary/aromatic N) is 6. The highest BCUT2D eigenvalue weighted by Gasteiger charge is 2.44. The Morgan fingerprint density at radius 3 is 2.37 bits per heavy atom. The number of urea groups is 1. The van der Waals surface area contributed by atoms with Crippen molar-refractivity contribution in [1.29, 1.82) is 0 Å². The smallest absolute Gasteiger partial charge is 0.407 e. The van der Waals surface area contributed by atoms with Crippen LogP contribution in [-0.2, 0) is 4.74 Å². The van der Waals surface area contributed by atoms with Gasteiger partial charge in [-0.2, -0.15) is 9.97 Å². The number of hydrogen-bond donors (Lipinski definition) is 6. The summed E-state index contributed by atoms with van der Waals surface area (Å²) in [7, 11) is 1.24. The first-order valence-electron chi connectivity index (χ1n) is 16.9. The molecule has 7 rings (SSSR count). The molecule has 2 aromatic carbocycles. The Morgan fingerprint density at radius 1 is 0.962 bits per heavy atom. The summed E-state index contributed by atoms with van der Waals surface area (Å²) in [6, 6.07) is 22.1. The van der Waals surface area contributed by atoms with E-state index in [0.29, 0.717) is 54.7 Å². The third-order valence-electron chi connectivity index (χ3n) is 9.51. The number of ether oxygens (including phenoxy) is 1.